The molecule has 156 valence electrons. The molecule has 1 aliphatic rings. The van der Waals surface area contributed by atoms with Gasteiger partial charge in [0.15, 0.2) is 0 Å². The second-order valence-corrected chi connectivity index (χ2v) is 9.20. The Kier molecular flexibility index (Phi) is 5.07. The molecule has 0 unspecified atom stereocenters. The standard InChI is InChI=1S/C23H22N6OS/c1-14-11-18(15(2)31-14)20-7-10-25-23(28-20)29-21(17-3-4-17)19(13-27-29)22(30)26-12-16-5-8-24-9-6-16/h5-11,13,17H,3-4,12H2,1-2H3,(H,26,30). The first kappa shape index (κ1) is 19.6. The van der Waals surface area contributed by atoms with Crippen LogP contribution >= 0.6 is 11.3 Å². The van der Waals surface area contributed by atoms with Crippen LogP contribution in [0.1, 0.15) is 50.1 Å². The van der Waals surface area contributed by atoms with E-state index in [9.17, 15) is 4.79 Å². The predicted molar refractivity (Wildman–Crippen MR) is 119 cm³/mol. The van der Waals surface area contributed by atoms with Crippen molar-refractivity contribution in [2.45, 2.75) is 39.2 Å². The topological polar surface area (TPSA) is 85.6 Å². The van der Waals surface area contributed by atoms with Crippen LogP contribution in [-0.4, -0.2) is 30.6 Å². The number of carbonyl (C=O) groups is 1. The molecule has 7 nitrogen and oxygen atoms in total. The highest BCUT2D eigenvalue weighted by Crippen LogP contribution is 2.42. The molecule has 4 aromatic heterocycles. The third-order valence-corrected chi connectivity index (χ3v) is 6.33. The number of hydrogen-bond acceptors (Lipinski definition) is 6. The van der Waals surface area contributed by atoms with Gasteiger partial charge < -0.3 is 5.32 Å². The van der Waals surface area contributed by atoms with Gasteiger partial charge in [-0.05, 0) is 56.5 Å². The van der Waals surface area contributed by atoms with Gasteiger partial charge in [-0.3, -0.25) is 9.78 Å². The highest BCUT2D eigenvalue weighted by Gasteiger charge is 2.33. The first-order valence-electron chi connectivity index (χ1n) is 10.3. The lowest BCUT2D eigenvalue weighted by molar-refractivity contribution is 0.0950. The molecule has 5 rings (SSSR count). The molecule has 0 aliphatic heterocycles. The van der Waals surface area contributed by atoms with Crippen molar-refractivity contribution in [3.8, 4) is 17.2 Å². The Hall–Kier alpha value is -3.39. The molecule has 31 heavy (non-hydrogen) atoms. The zero-order valence-corrected chi connectivity index (χ0v) is 18.2. The summed E-state index contributed by atoms with van der Waals surface area (Å²) in [5.41, 5.74) is 4.46. The van der Waals surface area contributed by atoms with Crippen molar-refractivity contribution in [1.29, 1.82) is 0 Å². The lowest BCUT2D eigenvalue weighted by atomic mass is 10.1. The molecular weight excluding hydrogens is 408 g/mol. The number of amides is 1. The van der Waals surface area contributed by atoms with Gasteiger partial charge in [0, 0.05) is 46.4 Å². The van der Waals surface area contributed by atoms with E-state index in [-0.39, 0.29) is 5.91 Å². The minimum absolute atomic E-state index is 0.134. The molecule has 4 aromatic rings. The quantitative estimate of drug-likeness (QED) is 0.495. The van der Waals surface area contributed by atoms with Crippen molar-refractivity contribution in [2.24, 2.45) is 0 Å². The Balaban J connectivity index is 1.46. The number of aromatic nitrogens is 5. The number of hydrogen-bond donors (Lipinski definition) is 1. The van der Waals surface area contributed by atoms with Crippen molar-refractivity contribution < 1.29 is 4.79 Å². The monoisotopic (exact) mass is 430 g/mol. The van der Waals surface area contributed by atoms with Crippen LogP contribution in [-0.2, 0) is 6.54 Å². The van der Waals surface area contributed by atoms with Crippen molar-refractivity contribution in [2.75, 3.05) is 0 Å². The van der Waals surface area contributed by atoms with Crippen LogP contribution in [0, 0.1) is 13.8 Å². The molecule has 0 spiro atoms. The molecule has 0 saturated heterocycles. The van der Waals surface area contributed by atoms with Crippen LogP contribution in [0.3, 0.4) is 0 Å². The van der Waals surface area contributed by atoms with Gasteiger partial charge in [0.05, 0.1) is 23.1 Å². The summed E-state index contributed by atoms with van der Waals surface area (Å²) in [6.07, 6.45) is 8.90. The van der Waals surface area contributed by atoms with Crippen LogP contribution < -0.4 is 5.32 Å². The van der Waals surface area contributed by atoms with E-state index in [1.165, 1.54) is 9.75 Å². The van der Waals surface area contributed by atoms with Crippen molar-refractivity contribution in [3.63, 3.8) is 0 Å². The summed E-state index contributed by atoms with van der Waals surface area (Å²) in [5.74, 6) is 0.669. The smallest absolute Gasteiger partial charge is 0.255 e. The van der Waals surface area contributed by atoms with Crippen molar-refractivity contribution in [3.05, 3.63) is 75.6 Å². The number of thiophene rings is 1. The van der Waals surface area contributed by atoms with E-state index in [2.05, 4.69) is 40.3 Å². The maximum atomic E-state index is 12.9. The van der Waals surface area contributed by atoms with Crippen LogP contribution in [0.4, 0.5) is 0 Å². The van der Waals surface area contributed by atoms with Crippen LogP contribution in [0.15, 0.2) is 49.1 Å². The van der Waals surface area contributed by atoms with Crippen molar-refractivity contribution >= 4 is 17.2 Å². The van der Waals surface area contributed by atoms with E-state index in [1.807, 2.05) is 18.2 Å². The van der Waals surface area contributed by atoms with Gasteiger partial charge in [0.1, 0.15) is 0 Å². The fourth-order valence-electron chi connectivity index (χ4n) is 3.71. The Bertz CT molecular complexity index is 1240. The fraction of sp³-hybridized carbons (Fsp3) is 0.261. The van der Waals surface area contributed by atoms with Gasteiger partial charge in [0.25, 0.3) is 11.9 Å². The number of aryl methyl sites for hydroxylation is 2. The van der Waals surface area contributed by atoms with Gasteiger partial charge in [0.2, 0.25) is 0 Å². The summed E-state index contributed by atoms with van der Waals surface area (Å²) in [7, 11) is 0. The van der Waals surface area contributed by atoms with Crippen LogP contribution in [0.5, 0.6) is 0 Å². The molecular formula is C23H22N6OS. The van der Waals surface area contributed by atoms with E-state index in [0.717, 1.165) is 35.4 Å². The minimum atomic E-state index is -0.134. The molecule has 1 aliphatic carbocycles. The van der Waals surface area contributed by atoms with E-state index < -0.39 is 0 Å². The zero-order chi connectivity index (χ0) is 21.4. The summed E-state index contributed by atoms with van der Waals surface area (Å²) in [5, 5.41) is 7.50. The largest absolute Gasteiger partial charge is 0.348 e. The number of rotatable bonds is 6. The molecule has 0 bridgehead atoms. The Labute approximate surface area is 184 Å². The highest BCUT2D eigenvalue weighted by molar-refractivity contribution is 7.12. The van der Waals surface area contributed by atoms with E-state index in [4.69, 9.17) is 4.98 Å². The molecule has 1 fully saturated rings. The average molecular weight is 431 g/mol. The van der Waals surface area contributed by atoms with Gasteiger partial charge >= 0.3 is 0 Å². The Morgan fingerprint density at radius 2 is 2.00 bits per heavy atom. The molecule has 0 atom stereocenters. The molecule has 4 heterocycles. The first-order valence-corrected chi connectivity index (χ1v) is 11.1. The number of carbonyl (C=O) groups excluding carboxylic acids is 1. The average Bonchev–Trinajstić information content (AvgIpc) is 3.43. The first-order chi connectivity index (χ1) is 15.1. The van der Waals surface area contributed by atoms with Crippen LogP contribution in [0.2, 0.25) is 0 Å². The van der Waals surface area contributed by atoms with Gasteiger partial charge in [-0.2, -0.15) is 5.10 Å². The maximum absolute atomic E-state index is 12.9. The summed E-state index contributed by atoms with van der Waals surface area (Å²) in [6.45, 7) is 4.64. The lowest BCUT2D eigenvalue weighted by Crippen LogP contribution is -2.24. The number of nitrogens with zero attached hydrogens (tertiary/aromatic N) is 5. The molecule has 0 aromatic carbocycles. The molecule has 0 radical (unpaired) electrons. The molecule has 1 N–H and O–H groups in total. The van der Waals surface area contributed by atoms with Gasteiger partial charge in [-0.25, -0.2) is 14.6 Å². The molecule has 1 saturated carbocycles. The Morgan fingerprint density at radius 3 is 2.71 bits per heavy atom. The number of pyridine rings is 1. The zero-order valence-electron chi connectivity index (χ0n) is 17.4. The third-order valence-electron chi connectivity index (χ3n) is 5.37. The van der Waals surface area contributed by atoms with E-state index in [1.54, 1.807) is 40.8 Å². The lowest BCUT2D eigenvalue weighted by Gasteiger charge is -2.09. The predicted octanol–water partition coefficient (Wildman–Crippen LogP) is 4.21. The van der Waals surface area contributed by atoms with Gasteiger partial charge in [-0.15, -0.1) is 11.3 Å². The molecule has 1 amide bonds. The second-order valence-electron chi connectivity index (χ2n) is 7.74. The minimum Gasteiger partial charge on any atom is -0.348 e. The third kappa shape index (κ3) is 3.98. The Morgan fingerprint density at radius 1 is 1.19 bits per heavy atom. The van der Waals surface area contributed by atoms with E-state index >= 15 is 0 Å². The second kappa shape index (κ2) is 8.03. The number of nitrogens with one attached hydrogen (secondary N) is 1. The van der Waals surface area contributed by atoms with Crippen LogP contribution in [0.25, 0.3) is 17.2 Å². The van der Waals surface area contributed by atoms with E-state index in [0.29, 0.717) is 24.0 Å². The molecule has 8 heteroatoms. The summed E-state index contributed by atoms with van der Waals surface area (Å²) < 4.78 is 1.73. The fourth-order valence-corrected chi connectivity index (χ4v) is 4.64. The van der Waals surface area contributed by atoms with Crippen molar-refractivity contribution in [1.82, 2.24) is 30.0 Å². The summed E-state index contributed by atoms with van der Waals surface area (Å²) >= 11 is 1.76. The van der Waals surface area contributed by atoms with Gasteiger partial charge in [-0.1, -0.05) is 0 Å². The normalized spacial score (nSPS) is 13.4. The maximum Gasteiger partial charge on any atom is 0.255 e. The summed E-state index contributed by atoms with van der Waals surface area (Å²) in [4.78, 5) is 28.7. The highest BCUT2D eigenvalue weighted by atomic mass is 32.1. The SMILES string of the molecule is Cc1cc(-c2ccnc(-n3ncc(C(=O)NCc4ccncc4)c3C3CC3)n2)c(C)s1. The summed E-state index contributed by atoms with van der Waals surface area (Å²) in [6, 6.07) is 7.84.